The van der Waals surface area contributed by atoms with Crippen molar-refractivity contribution in [2.45, 2.75) is 55.3 Å². The summed E-state index contributed by atoms with van der Waals surface area (Å²) in [4.78, 5) is 2.63. The van der Waals surface area contributed by atoms with Gasteiger partial charge in [-0.15, -0.1) is 10.2 Å². The van der Waals surface area contributed by atoms with Crippen LogP contribution < -0.4 is 0 Å². The molecule has 19 heavy (non-hydrogen) atoms. The summed E-state index contributed by atoms with van der Waals surface area (Å²) >= 11 is 3.87. The molecule has 1 saturated carbocycles. The van der Waals surface area contributed by atoms with Crippen LogP contribution in [-0.2, 0) is 13.0 Å². The SMILES string of the molecule is BrC1(CN2CCC[C@H](c3nnc4n3CCC4)C2)CC1. The highest BCUT2D eigenvalue weighted by molar-refractivity contribution is 9.10. The van der Waals surface area contributed by atoms with Gasteiger partial charge in [0.25, 0.3) is 0 Å². The third kappa shape index (κ3) is 2.35. The van der Waals surface area contributed by atoms with Crippen molar-refractivity contribution < 1.29 is 0 Å². The van der Waals surface area contributed by atoms with Gasteiger partial charge in [-0.3, -0.25) is 0 Å². The summed E-state index contributed by atoms with van der Waals surface area (Å²) in [5, 5.41) is 8.85. The van der Waals surface area contributed by atoms with Gasteiger partial charge in [0.15, 0.2) is 0 Å². The molecule has 1 aromatic rings. The van der Waals surface area contributed by atoms with Crippen LogP contribution in [0.5, 0.6) is 0 Å². The first-order chi connectivity index (χ1) is 9.23. The first-order valence-electron chi connectivity index (χ1n) is 7.57. The standard InChI is InChI=1S/C14H21BrN4/c15-14(5-6-14)10-18-7-1-3-11(9-18)13-17-16-12-4-2-8-19(12)13/h11H,1-10H2/t11-/m0/s1. The summed E-state index contributed by atoms with van der Waals surface area (Å²) in [6, 6.07) is 0. The number of hydrogen-bond acceptors (Lipinski definition) is 3. The Labute approximate surface area is 122 Å². The monoisotopic (exact) mass is 324 g/mol. The molecule has 2 fully saturated rings. The quantitative estimate of drug-likeness (QED) is 0.800. The second kappa shape index (κ2) is 4.55. The van der Waals surface area contributed by atoms with E-state index in [1.54, 1.807) is 0 Å². The Bertz CT molecular complexity index is 480. The number of aryl methyl sites for hydroxylation is 1. The van der Waals surface area contributed by atoms with Gasteiger partial charge in [-0.1, -0.05) is 15.9 Å². The maximum Gasteiger partial charge on any atom is 0.137 e. The molecule has 4 nitrogen and oxygen atoms in total. The van der Waals surface area contributed by atoms with E-state index in [1.807, 2.05) is 0 Å². The van der Waals surface area contributed by atoms with Crippen LogP contribution in [0.2, 0.25) is 0 Å². The fraction of sp³-hybridized carbons (Fsp3) is 0.857. The van der Waals surface area contributed by atoms with Gasteiger partial charge in [0.2, 0.25) is 0 Å². The smallest absolute Gasteiger partial charge is 0.137 e. The Morgan fingerprint density at radius 3 is 2.95 bits per heavy atom. The first-order valence-corrected chi connectivity index (χ1v) is 8.36. The predicted molar refractivity (Wildman–Crippen MR) is 77.7 cm³/mol. The third-order valence-electron chi connectivity index (χ3n) is 4.81. The molecule has 4 rings (SSSR count). The molecular formula is C14H21BrN4. The van der Waals surface area contributed by atoms with E-state index < -0.39 is 0 Å². The van der Waals surface area contributed by atoms with Gasteiger partial charge in [0, 0.05) is 36.3 Å². The number of rotatable bonds is 3. The van der Waals surface area contributed by atoms with Crippen molar-refractivity contribution in [3.8, 4) is 0 Å². The van der Waals surface area contributed by atoms with Crippen molar-refractivity contribution in [2.75, 3.05) is 19.6 Å². The van der Waals surface area contributed by atoms with Gasteiger partial charge < -0.3 is 9.47 Å². The molecule has 3 aliphatic rings. The van der Waals surface area contributed by atoms with Crippen molar-refractivity contribution in [1.82, 2.24) is 19.7 Å². The first kappa shape index (κ1) is 12.3. The molecule has 1 atom stereocenters. The number of fused-ring (bicyclic) bond motifs is 1. The third-order valence-corrected chi connectivity index (χ3v) is 5.85. The molecule has 0 unspecified atom stereocenters. The Morgan fingerprint density at radius 1 is 1.21 bits per heavy atom. The predicted octanol–water partition coefficient (Wildman–Crippen LogP) is 2.33. The van der Waals surface area contributed by atoms with E-state index in [0.717, 1.165) is 13.0 Å². The fourth-order valence-electron chi connectivity index (χ4n) is 3.58. The van der Waals surface area contributed by atoms with Crippen molar-refractivity contribution in [1.29, 1.82) is 0 Å². The molecule has 0 radical (unpaired) electrons. The highest BCUT2D eigenvalue weighted by Gasteiger charge is 2.42. The van der Waals surface area contributed by atoms with E-state index in [9.17, 15) is 0 Å². The Kier molecular flexibility index (Phi) is 2.95. The lowest BCUT2D eigenvalue weighted by Gasteiger charge is -2.33. The molecule has 104 valence electrons. The topological polar surface area (TPSA) is 34.0 Å². The Hall–Kier alpha value is -0.420. The molecule has 1 aromatic heterocycles. The molecule has 0 spiro atoms. The van der Waals surface area contributed by atoms with Crippen LogP contribution in [0.4, 0.5) is 0 Å². The average molecular weight is 325 g/mol. The average Bonchev–Trinajstić information content (AvgIpc) is 2.82. The lowest BCUT2D eigenvalue weighted by Crippen LogP contribution is -2.39. The van der Waals surface area contributed by atoms with Gasteiger partial charge in [-0.05, 0) is 38.6 Å². The molecular weight excluding hydrogens is 304 g/mol. The zero-order valence-electron chi connectivity index (χ0n) is 11.3. The van der Waals surface area contributed by atoms with E-state index in [1.165, 1.54) is 63.4 Å². The summed E-state index contributed by atoms with van der Waals surface area (Å²) in [6.45, 7) is 4.78. The van der Waals surface area contributed by atoms with Crippen molar-refractivity contribution >= 4 is 15.9 Å². The molecule has 5 heteroatoms. The van der Waals surface area contributed by atoms with Crippen molar-refractivity contribution in [2.24, 2.45) is 0 Å². The normalized spacial score (nSPS) is 29.4. The van der Waals surface area contributed by atoms with Crippen LogP contribution in [0.3, 0.4) is 0 Å². The molecule has 1 saturated heterocycles. The van der Waals surface area contributed by atoms with E-state index >= 15 is 0 Å². The van der Waals surface area contributed by atoms with Gasteiger partial charge in [0.1, 0.15) is 11.6 Å². The van der Waals surface area contributed by atoms with Crippen LogP contribution in [0, 0.1) is 0 Å². The molecule has 3 heterocycles. The zero-order valence-corrected chi connectivity index (χ0v) is 12.9. The van der Waals surface area contributed by atoms with Crippen molar-refractivity contribution in [3.05, 3.63) is 11.6 Å². The van der Waals surface area contributed by atoms with Gasteiger partial charge in [-0.2, -0.15) is 0 Å². The fourth-order valence-corrected chi connectivity index (χ4v) is 4.13. The maximum atomic E-state index is 4.48. The molecule has 0 bridgehead atoms. The van der Waals surface area contributed by atoms with Crippen LogP contribution >= 0.6 is 15.9 Å². The number of hydrogen-bond donors (Lipinski definition) is 0. The minimum Gasteiger partial charge on any atom is -0.315 e. The summed E-state index contributed by atoms with van der Waals surface area (Å²) in [5.41, 5.74) is 0. The van der Waals surface area contributed by atoms with Crippen LogP contribution in [-0.4, -0.2) is 43.6 Å². The summed E-state index contributed by atoms with van der Waals surface area (Å²) in [7, 11) is 0. The van der Waals surface area contributed by atoms with E-state index in [2.05, 4.69) is 35.6 Å². The minimum absolute atomic E-state index is 0.446. The second-order valence-corrected chi connectivity index (χ2v) is 8.14. The summed E-state index contributed by atoms with van der Waals surface area (Å²) < 4.78 is 2.83. The number of halogens is 1. The largest absolute Gasteiger partial charge is 0.315 e. The van der Waals surface area contributed by atoms with E-state index in [4.69, 9.17) is 0 Å². The van der Waals surface area contributed by atoms with Gasteiger partial charge in [0.05, 0.1) is 0 Å². The number of nitrogens with zero attached hydrogens (tertiary/aromatic N) is 4. The lowest BCUT2D eigenvalue weighted by atomic mass is 9.97. The Balaban J connectivity index is 1.48. The van der Waals surface area contributed by atoms with Crippen LogP contribution in [0.1, 0.15) is 49.7 Å². The molecule has 1 aliphatic carbocycles. The molecule has 0 N–H and O–H groups in total. The molecule has 2 aliphatic heterocycles. The highest BCUT2D eigenvalue weighted by atomic mass is 79.9. The lowest BCUT2D eigenvalue weighted by molar-refractivity contribution is 0.201. The molecule has 0 aromatic carbocycles. The van der Waals surface area contributed by atoms with E-state index in [0.29, 0.717) is 10.2 Å². The van der Waals surface area contributed by atoms with Crippen LogP contribution in [0.25, 0.3) is 0 Å². The molecule has 0 amide bonds. The number of piperidine rings is 1. The van der Waals surface area contributed by atoms with E-state index in [-0.39, 0.29) is 0 Å². The van der Waals surface area contributed by atoms with Crippen molar-refractivity contribution in [3.63, 3.8) is 0 Å². The zero-order chi connectivity index (χ0) is 12.9. The number of likely N-dealkylation sites (tertiary alicyclic amines) is 1. The highest BCUT2D eigenvalue weighted by Crippen LogP contribution is 2.45. The number of aromatic nitrogens is 3. The van der Waals surface area contributed by atoms with Crippen LogP contribution in [0.15, 0.2) is 0 Å². The second-order valence-electron chi connectivity index (χ2n) is 6.45. The number of alkyl halides is 1. The minimum atomic E-state index is 0.446. The van der Waals surface area contributed by atoms with Gasteiger partial charge in [-0.25, -0.2) is 0 Å². The maximum absolute atomic E-state index is 4.48. The Morgan fingerprint density at radius 2 is 2.11 bits per heavy atom. The van der Waals surface area contributed by atoms with Gasteiger partial charge >= 0.3 is 0 Å². The summed E-state index contributed by atoms with van der Waals surface area (Å²) in [5.74, 6) is 3.07. The summed E-state index contributed by atoms with van der Waals surface area (Å²) in [6.07, 6.45) is 7.63.